The highest BCUT2D eigenvalue weighted by molar-refractivity contribution is 7.15. The van der Waals surface area contributed by atoms with Crippen molar-refractivity contribution in [3.63, 3.8) is 0 Å². The third kappa shape index (κ3) is 7.70. The van der Waals surface area contributed by atoms with E-state index in [-0.39, 0.29) is 12.4 Å². The standard InChI is InChI=1S/C33H35FO9S/c1-18-7-10-25(15-24(18)16-27-13-14-29(44-27)23-8-11-26(34)12-9-23)33(6)32(42-22(5)38)31(41-21(4)37)30(40-20(3)36)28(43-33)17-39-19(2)35/h7-15,28,30-32H,16-17H2,1-6H3/t28-,30-,31+,32-,33-/m1/s1. The number of benzene rings is 2. The van der Waals surface area contributed by atoms with Gasteiger partial charge in [0.2, 0.25) is 0 Å². The molecule has 44 heavy (non-hydrogen) atoms. The zero-order chi connectivity index (χ0) is 32.2. The number of halogens is 1. The maximum absolute atomic E-state index is 13.4. The molecule has 1 fully saturated rings. The predicted octanol–water partition coefficient (Wildman–Crippen LogP) is 5.43. The second-order valence-electron chi connectivity index (χ2n) is 10.8. The summed E-state index contributed by atoms with van der Waals surface area (Å²) in [5, 5.41) is 0. The summed E-state index contributed by atoms with van der Waals surface area (Å²) in [6.07, 6.45) is -4.25. The number of carbonyl (C=O) groups is 4. The van der Waals surface area contributed by atoms with E-state index in [9.17, 15) is 23.6 Å². The summed E-state index contributed by atoms with van der Waals surface area (Å²) in [6, 6.07) is 16.0. The van der Waals surface area contributed by atoms with E-state index in [1.165, 1.54) is 39.8 Å². The van der Waals surface area contributed by atoms with E-state index < -0.39 is 53.9 Å². The van der Waals surface area contributed by atoms with Crippen molar-refractivity contribution in [3.8, 4) is 10.4 Å². The first-order chi connectivity index (χ1) is 20.8. The third-order valence-corrected chi connectivity index (χ3v) is 8.49. The zero-order valence-electron chi connectivity index (χ0n) is 25.4. The lowest BCUT2D eigenvalue weighted by Gasteiger charge is -2.50. The van der Waals surface area contributed by atoms with Gasteiger partial charge in [-0.3, -0.25) is 19.2 Å². The molecule has 9 nitrogen and oxygen atoms in total. The Morgan fingerprint density at radius 1 is 0.841 bits per heavy atom. The maximum atomic E-state index is 13.4. The van der Waals surface area contributed by atoms with Gasteiger partial charge < -0.3 is 23.7 Å². The Morgan fingerprint density at radius 2 is 1.48 bits per heavy atom. The minimum absolute atomic E-state index is 0.298. The zero-order valence-corrected chi connectivity index (χ0v) is 26.2. The number of aryl methyl sites for hydroxylation is 1. The van der Waals surface area contributed by atoms with Crippen molar-refractivity contribution >= 4 is 35.2 Å². The summed E-state index contributed by atoms with van der Waals surface area (Å²) < 4.78 is 42.1. The van der Waals surface area contributed by atoms with Crippen LogP contribution in [0.15, 0.2) is 54.6 Å². The first-order valence-electron chi connectivity index (χ1n) is 14.0. The lowest BCUT2D eigenvalue weighted by molar-refractivity contribution is -0.285. The lowest BCUT2D eigenvalue weighted by atomic mass is 9.79. The molecule has 0 spiro atoms. The van der Waals surface area contributed by atoms with Crippen molar-refractivity contribution in [2.24, 2.45) is 0 Å². The van der Waals surface area contributed by atoms with E-state index in [4.69, 9.17) is 23.7 Å². The molecule has 0 saturated carbocycles. The molecule has 0 bridgehead atoms. The Labute approximate surface area is 259 Å². The molecular weight excluding hydrogens is 591 g/mol. The molecular formula is C33H35FO9S. The second kappa shape index (κ2) is 13.7. The summed E-state index contributed by atoms with van der Waals surface area (Å²) in [5.41, 5.74) is 2.05. The van der Waals surface area contributed by atoms with Crippen molar-refractivity contribution < 1.29 is 47.3 Å². The van der Waals surface area contributed by atoms with Crippen LogP contribution in [0.2, 0.25) is 0 Å². The van der Waals surface area contributed by atoms with Crippen LogP contribution in [-0.4, -0.2) is 54.9 Å². The third-order valence-electron chi connectivity index (χ3n) is 7.35. The average Bonchev–Trinajstić information content (AvgIpc) is 3.40. The van der Waals surface area contributed by atoms with Gasteiger partial charge in [0.05, 0.1) is 0 Å². The second-order valence-corrected chi connectivity index (χ2v) is 12.0. The lowest BCUT2D eigenvalue weighted by Crippen LogP contribution is -2.65. The van der Waals surface area contributed by atoms with Crippen molar-refractivity contribution in [2.45, 2.75) is 78.0 Å². The molecule has 0 N–H and O–H groups in total. The molecule has 0 aliphatic carbocycles. The molecule has 2 aromatic carbocycles. The monoisotopic (exact) mass is 626 g/mol. The fraction of sp³-hybridized carbons (Fsp3) is 0.394. The van der Waals surface area contributed by atoms with Gasteiger partial charge in [0.25, 0.3) is 0 Å². The minimum Gasteiger partial charge on any atom is -0.463 e. The smallest absolute Gasteiger partial charge is 0.303 e. The topological polar surface area (TPSA) is 114 Å². The van der Waals surface area contributed by atoms with Crippen molar-refractivity contribution in [1.82, 2.24) is 0 Å². The van der Waals surface area contributed by atoms with Gasteiger partial charge in [0.15, 0.2) is 18.3 Å². The van der Waals surface area contributed by atoms with Crippen LogP contribution in [0.3, 0.4) is 0 Å². The van der Waals surface area contributed by atoms with Gasteiger partial charge in [0.1, 0.15) is 24.1 Å². The molecule has 5 atom stereocenters. The van der Waals surface area contributed by atoms with Crippen LogP contribution in [0.4, 0.5) is 4.39 Å². The number of thiophene rings is 1. The van der Waals surface area contributed by atoms with Crippen LogP contribution in [-0.2, 0) is 54.9 Å². The van der Waals surface area contributed by atoms with E-state index in [0.717, 1.165) is 26.4 Å². The molecule has 0 unspecified atom stereocenters. The molecule has 2 heterocycles. The van der Waals surface area contributed by atoms with Gasteiger partial charge in [-0.1, -0.05) is 30.3 Å². The molecule has 3 aromatic rings. The number of ether oxygens (including phenoxy) is 5. The number of hydrogen-bond donors (Lipinski definition) is 0. The molecule has 1 aromatic heterocycles. The van der Waals surface area contributed by atoms with Gasteiger partial charge >= 0.3 is 23.9 Å². The van der Waals surface area contributed by atoms with Crippen molar-refractivity contribution in [2.75, 3.05) is 6.61 Å². The number of esters is 4. The van der Waals surface area contributed by atoms with Crippen molar-refractivity contribution in [1.29, 1.82) is 0 Å². The Bertz CT molecular complexity index is 1530. The van der Waals surface area contributed by atoms with Gasteiger partial charge in [-0.15, -0.1) is 11.3 Å². The van der Waals surface area contributed by atoms with E-state index in [1.54, 1.807) is 30.4 Å². The van der Waals surface area contributed by atoms with E-state index in [0.29, 0.717) is 12.0 Å². The van der Waals surface area contributed by atoms with E-state index in [1.807, 2.05) is 37.3 Å². The van der Waals surface area contributed by atoms with Crippen LogP contribution in [0.5, 0.6) is 0 Å². The molecule has 234 valence electrons. The highest BCUT2D eigenvalue weighted by atomic mass is 32.1. The van der Waals surface area contributed by atoms with Gasteiger partial charge in [-0.25, -0.2) is 4.39 Å². The van der Waals surface area contributed by atoms with Crippen LogP contribution in [0.25, 0.3) is 10.4 Å². The number of carbonyl (C=O) groups excluding carboxylic acids is 4. The summed E-state index contributed by atoms with van der Waals surface area (Å²) in [6.45, 7) is 8.17. The summed E-state index contributed by atoms with van der Waals surface area (Å²) in [5.74, 6) is -2.94. The van der Waals surface area contributed by atoms with Crippen LogP contribution < -0.4 is 0 Å². The summed E-state index contributed by atoms with van der Waals surface area (Å²) in [7, 11) is 0. The summed E-state index contributed by atoms with van der Waals surface area (Å²) in [4.78, 5) is 50.5. The Kier molecular flexibility index (Phi) is 10.2. The predicted molar refractivity (Wildman–Crippen MR) is 159 cm³/mol. The van der Waals surface area contributed by atoms with E-state index in [2.05, 4.69) is 0 Å². The molecule has 1 aliphatic heterocycles. The Balaban J connectivity index is 1.75. The average molecular weight is 627 g/mol. The first kappa shape index (κ1) is 32.8. The van der Waals surface area contributed by atoms with Crippen LogP contribution in [0.1, 0.15) is 56.2 Å². The molecule has 11 heteroatoms. The molecule has 0 amide bonds. The molecule has 1 aliphatic rings. The normalized spacial score (nSPS) is 23.0. The molecule has 4 rings (SSSR count). The quantitative estimate of drug-likeness (QED) is 0.227. The van der Waals surface area contributed by atoms with E-state index >= 15 is 0 Å². The van der Waals surface area contributed by atoms with Gasteiger partial charge in [-0.2, -0.15) is 0 Å². The maximum Gasteiger partial charge on any atom is 0.303 e. The fourth-order valence-corrected chi connectivity index (χ4v) is 6.36. The summed E-state index contributed by atoms with van der Waals surface area (Å²) >= 11 is 1.59. The van der Waals surface area contributed by atoms with Gasteiger partial charge in [-0.05, 0) is 60.4 Å². The minimum atomic E-state index is -1.43. The van der Waals surface area contributed by atoms with Crippen molar-refractivity contribution in [3.05, 3.63) is 82.0 Å². The van der Waals surface area contributed by atoms with Crippen LogP contribution >= 0.6 is 11.3 Å². The highest BCUT2D eigenvalue weighted by Crippen LogP contribution is 2.43. The largest absolute Gasteiger partial charge is 0.463 e. The Hall–Kier alpha value is -4.09. The first-order valence-corrected chi connectivity index (χ1v) is 14.9. The fourth-order valence-electron chi connectivity index (χ4n) is 5.32. The number of hydrogen-bond acceptors (Lipinski definition) is 10. The number of rotatable bonds is 9. The molecule has 1 saturated heterocycles. The van der Waals surface area contributed by atoms with Crippen LogP contribution in [0, 0.1) is 12.7 Å². The SMILES string of the molecule is CC(=O)OC[C@H]1O[C@](C)(c2ccc(C)c(Cc3ccc(-c4ccc(F)cc4)s3)c2)[C@H](OC(C)=O)[C@@H](OC(C)=O)[C@@H]1OC(C)=O. The molecule has 0 radical (unpaired) electrons. The highest BCUT2D eigenvalue weighted by Gasteiger charge is 2.58. The Morgan fingerprint density at radius 3 is 2.09 bits per heavy atom. The van der Waals surface area contributed by atoms with Gasteiger partial charge in [0, 0.05) is 43.9 Å².